The summed E-state index contributed by atoms with van der Waals surface area (Å²) in [5.74, 6) is -2.61. The van der Waals surface area contributed by atoms with Gasteiger partial charge in [0.25, 0.3) is 0 Å². The number of hydrogen-bond donors (Lipinski definition) is 0. The summed E-state index contributed by atoms with van der Waals surface area (Å²) < 4.78 is 26.9. The number of carbonyl (C=O) groups excluding carboxylic acids is 6. The van der Waals surface area contributed by atoms with Crippen LogP contribution in [0.25, 0.3) is 0 Å². The normalized spacial score (nSPS) is 21.4. The second-order valence-electron chi connectivity index (χ2n) is 5.67. The van der Waals surface area contributed by atoms with E-state index in [1.165, 1.54) is 27.9 Å². The Morgan fingerprint density at radius 1 is 0.966 bits per heavy atom. The highest BCUT2D eigenvalue weighted by Crippen LogP contribution is 2.08. The largest absolute Gasteiger partial charge is 0.456 e. The highest BCUT2D eigenvalue weighted by molar-refractivity contribution is 5.86. The monoisotopic (exact) mass is 420 g/mol. The molecule has 3 atom stereocenters. The lowest BCUT2D eigenvalue weighted by Gasteiger charge is -2.22. The van der Waals surface area contributed by atoms with Crippen LogP contribution in [0.5, 0.6) is 0 Å². The molecule has 2 aliphatic heterocycles. The van der Waals surface area contributed by atoms with Gasteiger partial charge in [0.05, 0.1) is 0 Å². The van der Waals surface area contributed by atoms with E-state index in [-0.39, 0.29) is 25.6 Å². The van der Waals surface area contributed by atoms with E-state index in [9.17, 15) is 28.8 Å². The third-order valence-electron chi connectivity index (χ3n) is 3.05. The van der Waals surface area contributed by atoms with E-state index in [0.717, 1.165) is 0 Å². The second-order valence-corrected chi connectivity index (χ2v) is 5.67. The van der Waals surface area contributed by atoms with Gasteiger partial charge in [-0.3, -0.25) is 4.79 Å². The van der Waals surface area contributed by atoms with Crippen molar-refractivity contribution >= 4 is 35.6 Å². The van der Waals surface area contributed by atoms with Crippen molar-refractivity contribution in [3.63, 3.8) is 0 Å². The Labute approximate surface area is 166 Å². The summed E-state index contributed by atoms with van der Waals surface area (Å²) in [5.41, 5.74) is 0. The first kappa shape index (κ1) is 26.0. The predicted octanol–water partition coefficient (Wildman–Crippen LogP) is -0.897. The first-order valence-electron chi connectivity index (χ1n) is 8.39. The Bertz CT molecular complexity index is 578. The van der Waals surface area contributed by atoms with Crippen LogP contribution in [0.15, 0.2) is 0 Å². The zero-order valence-electron chi connectivity index (χ0n) is 16.8. The van der Waals surface area contributed by atoms with Crippen molar-refractivity contribution in [2.45, 2.75) is 46.0 Å². The number of ether oxygens (including phenoxy) is 6. The maximum Gasteiger partial charge on any atom is 0.347 e. The fourth-order valence-electron chi connectivity index (χ4n) is 1.38. The lowest BCUT2D eigenvalue weighted by Crippen LogP contribution is -2.40. The van der Waals surface area contributed by atoms with E-state index < -0.39 is 48.2 Å². The summed E-state index contributed by atoms with van der Waals surface area (Å²) in [4.78, 5) is 62.6. The number of rotatable bonds is 4. The highest BCUT2D eigenvalue weighted by Gasteiger charge is 2.32. The van der Waals surface area contributed by atoms with Crippen LogP contribution in [0.4, 0.5) is 0 Å². The van der Waals surface area contributed by atoms with Gasteiger partial charge in [0, 0.05) is 7.11 Å². The molecule has 12 nitrogen and oxygen atoms in total. The molecule has 0 aromatic carbocycles. The third-order valence-corrected chi connectivity index (χ3v) is 3.05. The molecule has 0 radical (unpaired) electrons. The number of Topliss-reactive ketones (excluding diaryl/α,β-unsaturated/α-hetero) is 1. The van der Waals surface area contributed by atoms with Gasteiger partial charge in [-0.15, -0.1) is 0 Å². The Balaban J connectivity index is 0.000000410. The van der Waals surface area contributed by atoms with Crippen molar-refractivity contribution in [2.75, 3.05) is 26.9 Å². The molecule has 29 heavy (non-hydrogen) atoms. The minimum atomic E-state index is -0.747. The van der Waals surface area contributed by atoms with Crippen LogP contribution >= 0.6 is 0 Å². The van der Waals surface area contributed by atoms with E-state index in [0.29, 0.717) is 0 Å². The molecule has 0 aromatic heterocycles. The molecule has 2 aliphatic rings. The van der Waals surface area contributed by atoms with Crippen LogP contribution in [-0.4, -0.2) is 80.9 Å². The zero-order chi connectivity index (χ0) is 22.6. The summed E-state index contributed by atoms with van der Waals surface area (Å²) in [5, 5.41) is 0. The molecule has 2 saturated heterocycles. The Morgan fingerprint density at radius 2 is 1.38 bits per heavy atom. The molecule has 164 valence electrons. The van der Waals surface area contributed by atoms with Gasteiger partial charge in [0.1, 0.15) is 6.61 Å². The van der Waals surface area contributed by atoms with Gasteiger partial charge in [-0.1, -0.05) is 0 Å². The topological polar surface area (TPSA) is 158 Å². The Kier molecular flexibility index (Phi) is 11.8. The van der Waals surface area contributed by atoms with Gasteiger partial charge >= 0.3 is 29.8 Å². The standard InChI is InChI=1S/C7H12O4.C6H8O4.C4H4O4/c1-5(8)4-11-7(9)6(2)10-3;1-3-5(7)10-4(2)6(8)9-3;5-3-1-7-4(6)2-8-3/h6H,4H2,1-3H3;3-4H,1-2H3;1-2H2. The van der Waals surface area contributed by atoms with Gasteiger partial charge in [0.2, 0.25) is 0 Å². The highest BCUT2D eigenvalue weighted by atomic mass is 16.6. The van der Waals surface area contributed by atoms with Crippen molar-refractivity contribution in [2.24, 2.45) is 0 Å². The summed E-state index contributed by atoms with van der Waals surface area (Å²) in [6.45, 7) is 5.22. The molecule has 0 saturated carbocycles. The van der Waals surface area contributed by atoms with Crippen molar-refractivity contribution in [3.05, 3.63) is 0 Å². The van der Waals surface area contributed by atoms with Gasteiger partial charge in [0.15, 0.2) is 37.3 Å². The molecule has 0 spiro atoms. The smallest absolute Gasteiger partial charge is 0.347 e. The van der Waals surface area contributed by atoms with Crippen LogP contribution in [0.2, 0.25) is 0 Å². The molecule has 2 heterocycles. The van der Waals surface area contributed by atoms with Gasteiger partial charge in [-0.25, -0.2) is 24.0 Å². The molecular formula is C17H24O12. The average Bonchev–Trinajstić information content (AvgIpc) is 2.67. The average molecular weight is 420 g/mol. The molecule has 0 bridgehead atoms. The number of methoxy groups -OCH3 is 1. The maximum absolute atomic E-state index is 10.8. The SMILES string of the molecule is CC1OC(=O)C(C)OC1=O.COC(C)C(=O)OCC(C)=O.O=C1COC(=O)CO1. The van der Waals surface area contributed by atoms with Crippen LogP contribution in [0.3, 0.4) is 0 Å². The summed E-state index contributed by atoms with van der Waals surface area (Å²) in [6.07, 6.45) is -2.10. The molecule has 0 N–H and O–H groups in total. The van der Waals surface area contributed by atoms with E-state index in [1.54, 1.807) is 6.92 Å². The van der Waals surface area contributed by atoms with Gasteiger partial charge in [-0.05, 0) is 27.7 Å². The van der Waals surface area contributed by atoms with Crippen LogP contribution in [0.1, 0.15) is 27.7 Å². The van der Waals surface area contributed by atoms with Crippen molar-refractivity contribution in [1.82, 2.24) is 0 Å². The maximum atomic E-state index is 10.8. The molecule has 0 amide bonds. The minimum absolute atomic E-state index is 0.174. The number of esters is 5. The molecule has 3 unspecified atom stereocenters. The second kappa shape index (κ2) is 13.2. The third kappa shape index (κ3) is 11.4. The van der Waals surface area contributed by atoms with E-state index in [1.807, 2.05) is 0 Å². The van der Waals surface area contributed by atoms with Gasteiger partial charge < -0.3 is 28.4 Å². The van der Waals surface area contributed by atoms with Crippen molar-refractivity contribution in [1.29, 1.82) is 0 Å². The van der Waals surface area contributed by atoms with E-state index in [4.69, 9.17) is 0 Å². The Hall–Kier alpha value is -3.02. The van der Waals surface area contributed by atoms with Crippen LogP contribution in [0, 0.1) is 0 Å². The molecule has 2 fully saturated rings. The number of ketones is 1. The van der Waals surface area contributed by atoms with Crippen molar-refractivity contribution < 1.29 is 57.2 Å². The minimum Gasteiger partial charge on any atom is -0.456 e. The number of cyclic esters (lactones) is 4. The predicted molar refractivity (Wildman–Crippen MR) is 91.1 cm³/mol. The van der Waals surface area contributed by atoms with Crippen LogP contribution in [-0.2, 0) is 57.2 Å². The summed E-state index contributed by atoms with van der Waals surface area (Å²) in [7, 11) is 1.40. The summed E-state index contributed by atoms with van der Waals surface area (Å²) >= 11 is 0. The van der Waals surface area contributed by atoms with Gasteiger partial charge in [-0.2, -0.15) is 0 Å². The lowest BCUT2D eigenvalue weighted by molar-refractivity contribution is -0.191. The lowest BCUT2D eigenvalue weighted by atomic mass is 10.3. The zero-order valence-corrected chi connectivity index (χ0v) is 16.8. The molecule has 0 aromatic rings. The fourth-order valence-corrected chi connectivity index (χ4v) is 1.38. The van der Waals surface area contributed by atoms with E-state index in [2.05, 4.69) is 28.4 Å². The van der Waals surface area contributed by atoms with Crippen LogP contribution < -0.4 is 0 Å². The number of hydrogen-bond acceptors (Lipinski definition) is 12. The molecule has 2 rings (SSSR count). The molecular weight excluding hydrogens is 396 g/mol. The van der Waals surface area contributed by atoms with Crippen molar-refractivity contribution in [3.8, 4) is 0 Å². The first-order chi connectivity index (χ1) is 13.5. The Morgan fingerprint density at radius 3 is 1.69 bits per heavy atom. The molecule has 0 aliphatic carbocycles. The first-order valence-corrected chi connectivity index (χ1v) is 8.39. The molecule has 12 heteroatoms. The quantitative estimate of drug-likeness (QED) is 0.408. The summed E-state index contributed by atoms with van der Waals surface area (Å²) in [6, 6.07) is 0. The number of carbonyl (C=O) groups is 6. The van der Waals surface area contributed by atoms with E-state index >= 15 is 0 Å². The fraction of sp³-hybridized carbons (Fsp3) is 0.647.